The van der Waals surface area contributed by atoms with Crippen LogP contribution in [0.1, 0.15) is 24.0 Å². The molecule has 0 aliphatic heterocycles. The zero-order valence-corrected chi connectivity index (χ0v) is 9.05. The predicted molar refractivity (Wildman–Crippen MR) is 57.5 cm³/mol. The van der Waals surface area contributed by atoms with E-state index >= 15 is 0 Å². The lowest BCUT2D eigenvalue weighted by atomic mass is 10.0. The Hall–Kier alpha value is -0.500. The second kappa shape index (κ2) is 3.70. The van der Waals surface area contributed by atoms with Crippen molar-refractivity contribution < 1.29 is 5.11 Å². The molecule has 2 rings (SSSR count). The molecule has 0 radical (unpaired) electrons. The first kappa shape index (κ1) is 9.07. The van der Waals surface area contributed by atoms with Crippen LogP contribution >= 0.6 is 15.9 Å². The maximum absolute atomic E-state index is 9.65. The van der Waals surface area contributed by atoms with Crippen LogP contribution in [0, 0.1) is 0 Å². The number of hydrogen-bond donors (Lipinski definition) is 1. The van der Waals surface area contributed by atoms with E-state index in [9.17, 15) is 5.11 Å². The van der Waals surface area contributed by atoms with Crippen LogP contribution < -0.4 is 0 Å². The van der Waals surface area contributed by atoms with Crippen LogP contribution in [-0.4, -0.2) is 9.93 Å². The highest BCUT2D eigenvalue weighted by Crippen LogP contribution is 2.29. The summed E-state index contributed by atoms with van der Waals surface area (Å²) in [5.41, 5.74) is 2.46. The minimum atomic E-state index is 0.471. The molecule has 2 heteroatoms. The summed E-state index contributed by atoms with van der Waals surface area (Å²) in [5, 5.41) is 9.65. The van der Waals surface area contributed by atoms with Gasteiger partial charge in [-0.3, -0.25) is 0 Å². The lowest BCUT2D eigenvalue weighted by Gasteiger charge is -2.08. The second-order valence-electron chi connectivity index (χ2n) is 3.61. The lowest BCUT2D eigenvalue weighted by Crippen LogP contribution is -1.99. The maximum atomic E-state index is 9.65. The largest absolute Gasteiger partial charge is 0.508 e. The topological polar surface area (TPSA) is 20.2 Å². The molecule has 0 amide bonds. The van der Waals surface area contributed by atoms with E-state index in [2.05, 4.69) is 22.0 Å². The fourth-order valence-corrected chi connectivity index (χ4v) is 2.61. The van der Waals surface area contributed by atoms with E-state index in [4.69, 9.17) is 0 Å². The first-order valence-corrected chi connectivity index (χ1v) is 5.63. The van der Waals surface area contributed by atoms with Crippen molar-refractivity contribution in [2.24, 2.45) is 0 Å². The normalized spacial score (nSPS) is 22.1. The number of benzene rings is 1. The minimum Gasteiger partial charge on any atom is -0.508 e. The molecule has 13 heavy (non-hydrogen) atoms. The van der Waals surface area contributed by atoms with Gasteiger partial charge in [0.15, 0.2) is 0 Å². The summed E-state index contributed by atoms with van der Waals surface area (Å²) >= 11 is 3.65. The van der Waals surface area contributed by atoms with Crippen LogP contribution in [0.2, 0.25) is 0 Å². The van der Waals surface area contributed by atoms with Crippen LogP contribution in [0.3, 0.4) is 0 Å². The fraction of sp³-hybridized carbons (Fsp3) is 0.455. The minimum absolute atomic E-state index is 0.471. The number of halogens is 1. The van der Waals surface area contributed by atoms with E-state index in [1.165, 1.54) is 18.4 Å². The lowest BCUT2D eigenvalue weighted by molar-refractivity contribution is 0.467. The summed E-state index contributed by atoms with van der Waals surface area (Å²) in [6.45, 7) is 0. The van der Waals surface area contributed by atoms with E-state index < -0.39 is 0 Å². The molecule has 0 bridgehead atoms. The quantitative estimate of drug-likeness (QED) is 0.546. The van der Waals surface area contributed by atoms with Crippen molar-refractivity contribution >= 4 is 15.9 Å². The molecule has 0 saturated heterocycles. The van der Waals surface area contributed by atoms with Gasteiger partial charge in [0.25, 0.3) is 0 Å². The molecule has 0 saturated carbocycles. The van der Waals surface area contributed by atoms with Crippen molar-refractivity contribution in [3.63, 3.8) is 0 Å². The Morgan fingerprint density at radius 2 is 2.23 bits per heavy atom. The smallest absolute Gasteiger partial charge is 0.119 e. The Bertz CT molecular complexity index is 309. The van der Waals surface area contributed by atoms with Gasteiger partial charge >= 0.3 is 0 Å². The maximum Gasteiger partial charge on any atom is 0.119 e. The number of rotatable bonds is 0. The average molecular weight is 241 g/mol. The standard InChI is InChI=1S/C11H13BrO/c12-9-4-2-5-10-8(7-9)3-1-6-11(10)13/h1,3,6,9,13H,2,4-5,7H2. The summed E-state index contributed by atoms with van der Waals surface area (Å²) in [6, 6.07) is 5.83. The number of alkyl halides is 1. The van der Waals surface area contributed by atoms with Gasteiger partial charge in [0.05, 0.1) is 0 Å². The number of fused-ring (bicyclic) bond motifs is 1. The fourth-order valence-electron chi connectivity index (χ4n) is 1.94. The van der Waals surface area contributed by atoms with Gasteiger partial charge in [0, 0.05) is 4.83 Å². The number of aromatic hydroxyl groups is 1. The first-order valence-electron chi connectivity index (χ1n) is 4.71. The van der Waals surface area contributed by atoms with Gasteiger partial charge in [0.1, 0.15) is 5.75 Å². The summed E-state index contributed by atoms with van der Waals surface area (Å²) in [5.74, 6) is 0.471. The zero-order valence-electron chi connectivity index (χ0n) is 7.46. The molecule has 1 N–H and O–H groups in total. The molecule has 1 aromatic rings. The van der Waals surface area contributed by atoms with Gasteiger partial charge in [-0.15, -0.1) is 0 Å². The third-order valence-electron chi connectivity index (χ3n) is 2.63. The van der Waals surface area contributed by atoms with Crippen LogP contribution in [0.4, 0.5) is 0 Å². The van der Waals surface area contributed by atoms with Crippen molar-refractivity contribution in [1.82, 2.24) is 0 Å². The Labute approximate surface area is 86.9 Å². The van der Waals surface area contributed by atoms with Crippen molar-refractivity contribution in [2.45, 2.75) is 30.5 Å². The Kier molecular flexibility index (Phi) is 2.58. The van der Waals surface area contributed by atoms with E-state index in [0.29, 0.717) is 10.6 Å². The van der Waals surface area contributed by atoms with Crippen LogP contribution in [0.5, 0.6) is 5.75 Å². The Morgan fingerprint density at radius 1 is 1.38 bits per heavy atom. The van der Waals surface area contributed by atoms with Crippen molar-refractivity contribution in [1.29, 1.82) is 0 Å². The molecule has 1 nitrogen and oxygen atoms in total. The summed E-state index contributed by atoms with van der Waals surface area (Å²) < 4.78 is 0. The molecule has 1 aliphatic rings. The van der Waals surface area contributed by atoms with Crippen LogP contribution in [-0.2, 0) is 12.8 Å². The monoisotopic (exact) mass is 240 g/mol. The molecular formula is C11H13BrO. The van der Waals surface area contributed by atoms with Crippen molar-refractivity contribution in [3.8, 4) is 5.75 Å². The van der Waals surface area contributed by atoms with Gasteiger partial charge in [-0.2, -0.15) is 0 Å². The molecule has 0 heterocycles. The van der Waals surface area contributed by atoms with Gasteiger partial charge in [-0.05, 0) is 42.9 Å². The highest BCUT2D eigenvalue weighted by Gasteiger charge is 2.16. The number of phenols is 1. The Balaban J connectivity index is 2.39. The third kappa shape index (κ3) is 1.88. The van der Waals surface area contributed by atoms with Crippen LogP contribution in [0.15, 0.2) is 18.2 Å². The van der Waals surface area contributed by atoms with Gasteiger partial charge in [-0.25, -0.2) is 0 Å². The molecule has 1 atom stereocenters. The molecule has 1 unspecified atom stereocenters. The number of phenolic OH excluding ortho intramolecular Hbond substituents is 1. The molecule has 0 aromatic heterocycles. The van der Waals surface area contributed by atoms with E-state index in [-0.39, 0.29) is 0 Å². The summed E-state index contributed by atoms with van der Waals surface area (Å²) in [4.78, 5) is 0.579. The molecular weight excluding hydrogens is 228 g/mol. The van der Waals surface area contributed by atoms with Crippen molar-refractivity contribution in [2.75, 3.05) is 0 Å². The average Bonchev–Trinajstić information content (AvgIpc) is 2.27. The first-order chi connectivity index (χ1) is 6.27. The summed E-state index contributed by atoms with van der Waals surface area (Å²) in [7, 11) is 0. The van der Waals surface area contributed by atoms with E-state index in [1.807, 2.05) is 6.07 Å². The highest BCUT2D eigenvalue weighted by molar-refractivity contribution is 9.09. The molecule has 1 aromatic carbocycles. The second-order valence-corrected chi connectivity index (χ2v) is 4.90. The SMILES string of the molecule is Oc1cccc2c1CCCC(Br)C2. The van der Waals surface area contributed by atoms with Gasteiger partial charge in [0.2, 0.25) is 0 Å². The highest BCUT2D eigenvalue weighted by atomic mass is 79.9. The van der Waals surface area contributed by atoms with Gasteiger partial charge < -0.3 is 5.11 Å². The predicted octanol–water partition coefficient (Wildman–Crippen LogP) is 3.03. The molecule has 0 fully saturated rings. The number of hydrogen-bond acceptors (Lipinski definition) is 1. The van der Waals surface area contributed by atoms with E-state index in [0.717, 1.165) is 18.4 Å². The zero-order chi connectivity index (χ0) is 9.26. The third-order valence-corrected chi connectivity index (χ3v) is 3.42. The van der Waals surface area contributed by atoms with Gasteiger partial charge in [-0.1, -0.05) is 28.1 Å². The van der Waals surface area contributed by atoms with Crippen LogP contribution in [0.25, 0.3) is 0 Å². The molecule has 70 valence electrons. The molecule has 1 aliphatic carbocycles. The Morgan fingerprint density at radius 3 is 3.08 bits per heavy atom. The van der Waals surface area contributed by atoms with E-state index in [1.54, 1.807) is 6.07 Å². The van der Waals surface area contributed by atoms with Crippen molar-refractivity contribution in [3.05, 3.63) is 29.3 Å². The summed E-state index contributed by atoms with van der Waals surface area (Å²) in [6.07, 6.45) is 4.43. The molecule has 0 spiro atoms.